The summed E-state index contributed by atoms with van der Waals surface area (Å²) in [5.74, 6) is 0.0440. The number of nitrogens with one attached hydrogen (secondary N) is 1. The number of benzene rings is 1. The van der Waals surface area contributed by atoms with Crippen LogP contribution in [0.2, 0.25) is 0 Å². The van der Waals surface area contributed by atoms with Crippen molar-refractivity contribution in [2.45, 2.75) is 19.8 Å². The van der Waals surface area contributed by atoms with Gasteiger partial charge in [-0.05, 0) is 25.5 Å². The van der Waals surface area contributed by atoms with Crippen molar-refractivity contribution in [1.29, 1.82) is 0 Å². The molecule has 20 heavy (non-hydrogen) atoms. The first kappa shape index (κ1) is 14.5. The highest BCUT2D eigenvalue weighted by Gasteiger charge is 2.05. The van der Waals surface area contributed by atoms with Crippen molar-refractivity contribution in [3.63, 3.8) is 0 Å². The molecule has 2 rings (SSSR count). The molecule has 1 N–H and O–H groups in total. The lowest BCUT2D eigenvalue weighted by atomic mass is 10.3. The number of aryl methyl sites for hydroxylation is 1. The lowest BCUT2D eigenvalue weighted by Crippen LogP contribution is -2.12. The number of hydrogen-bond donors (Lipinski definition) is 1. The van der Waals surface area contributed by atoms with Crippen LogP contribution >= 0.6 is 11.3 Å². The third kappa shape index (κ3) is 4.62. The Hall–Kier alpha value is -1.95. The maximum atomic E-state index is 12.9. The largest absolute Gasteiger partial charge is 0.493 e. The van der Waals surface area contributed by atoms with Crippen molar-refractivity contribution in [1.82, 2.24) is 4.98 Å². The molecule has 6 heteroatoms. The molecule has 0 saturated heterocycles. The van der Waals surface area contributed by atoms with Gasteiger partial charge in [0.15, 0.2) is 5.13 Å². The van der Waals surface area contributed by atoms with E-state index in [-0.39, 0.29) is 11.7 Å². The van der Waals surface area contributed by atoms with Crippen LogP contribution in [-0.4, -0.2) is 17.5 Å². The Morgan fingerprint density at radius 1 is 1.50 bits per heavy atom. The summed E-state index contributed by atoms with van der Waals surface area (Å²) in [7, 11) is 0. The van der Waals surface area contributed by atoms with E-state index in [1.165, 1.54) is 23.5 Å². The zero-order chi connectivity index (χ0) is 14.4. The van der Waals surface area contributed by atoms with Gasteiger partial charge in [0.2, 0.25) is 5.91 Å². The molecule has 106 valence electrons. The Morgan fingerprint density at radius 3 is 3.05 bits per heavy atom. The smallest absolute Gasteiger partial charge is 0.226 e. The van der Waals surface area contributed by atoms with E-state index in [9.17, 15) is 9.18 Å². The Kier molecular flexibility index (Phi) is 5.06. The van der Waals surface area contributed by atoms with Crippen molar-refractivity contribution in [3.8, 4) is 5.75 Å². The molecule has 2 aromatic rings. The molecule has 4 nitrogen and oxygen atoms in total. The Balaban J connectivity index is 1.67. The van der Waals surface area contributed by atoms with E-state index in [1.54, 1.807) is 18.3 Å². The summed E-state index contributed by atoms with van der Waals surface area (Å²) in [5.41, 5.74) is 0. The molecule has 1 amide bonds. The fourth-order valence-electron chi connectivity index (χ4n) is 1.57. The van der Waals surface area contributed by atoms with Gasteiger partial charge in [0.1, 0.15) is 11.6 Å². The number of aromatic nitrogens is 1. The molecular weight excluding hydrogens is 279 g/mol. The molecule has 1 aromatic heterocycles. The van der Waals surface area contributed by atoms with Crippen LogP contribution in [0.15, 0.2) is 30.5 Å². The molecule has 0 atom stereocenters. The summed E-state index contributed by atoms with van der Waals surface area (Å²) in [6.07, 6.45) is 2.62. The van der Waals surface area contributed by atoms with Gasteiger partial charge in [0.25, 0.3) is 0 Å². The lowest BCUT2D eigenvalue weighted by molar-refractivity contribution is -0.116. The molecule has 0 saturated carbocycles. The Labute approximate surface area is 120 Å². The number of rotatable bonds is 6. The highest BCUT2D eigenvalue weighted by molar-refractivity contribution is 7.15. The molecular formula is C14H15FN2O2S. The van der Waals surface area contributed by atoms with E-state index in [2.05, 4.69) is 10.3 Å². The van der Waals surface area contributed by atoms with Crippen molar-refractivity contribution >= 4 is 22.4 Å². The SMILES string of the molecule is Cc1cnc(NC(=O)CCCOc2cccc(F)c2)s1. The summed E-state index contributed by atoms with van der Waals surface area (Å²) in [4.78, 5) is 16.7. The van der Waals surface area contributed by atoms with Gasteiger partial charge in [-0.15, -0.1) is 11.3 Å². The van der Waals surface area contributed by atoms with E-state index in [1.807, 2.05) is 6.92 Å². The molecule has 0 bridgehead atoms. The maximum absolute atomic E-state index is 12.9. The zero-order valence-electron chi connectivity index (χ0n) is 11.1. The van der Waals surface area contributed by atoms with E-state index in [0.29, 0.717) is 30.3 Å². The van der Waals surface area contributed by atoms with Crippen LogP contribution in [0.4, 0.5) is 9.52 Å². The second-order valence-corrected chi connectivity index (χ2v) is 5.47. The number of thiazole rings is 1. The number of halogens is 1. The standard InChI is InChI=1S/C14H15FN2O2S/c1-10-9-16-14(20-10)17-13(18)6-3-7-19-12-5-2-4-11(15)8-12/h2,4-5,8-9H,3,6-7H2,1H3,(H,16,17,18). The van der Waals surface area contributed by atoms with Crippen LogP contribution in [-0.2, 0) is 4.79 Å². The number of carbonyl (C=O) groups excluding carboxylic acids is 1. The van der Waals surface area contributed by atoms with Gasteiger partial charge >= 0.3 is 0 Å². The third-order valence-electron chi connectivity index (χ3n) is 2.48. The molecule has 1 aromatic carbocycles. The summed E-state index contributed by atoms with van der Waals surface area (Å²) in [6.45, 7) is 2.30. The lowest BCUT2D eigenvalue weighted by Gasteiger charge is -2.06. The van der Waals surface area contributed by atoms with Crippen LogP contribution in [0.25, 0.3) is 0 Å². The highest BCUT2D eigenvalue weighted by atomic mass is 32.1. The maximum Gasteiger partial charge on any atom is 0.226 e. The first-order chi connectivity index (χ1) is 9.63. The zero-order valence-corrected chi connectivity index (χ0v) is 11.9. The van der Waals surface area contributed by atoms with Gasteiger partial charge in [-0.25, -0.2) is 9.37 Å². The summed E-state index contributed by atoms with van der Waals surface area (Å²) in [5, 5.41) is 3.33. The second kappa shape index (κ2) is 7.00. The summed E-state index contributed by atoms with van der Waals surface area (Å²) in [6, 6.07) is 5.94. The topological polar surface area (TPSA) is 51.2 Å². The molecule has 0 spiro atoms. The third-order valence-corrected chi connectivity index (χ3v) is 3.31. The first-order valence-corrected chi connectivity index (χ1v) is 7.06. The monoisotopic (exact) mass is 294 g/mol. The van der Waals surface area contributed by atoms with E-state index < -0.39 is 0 Å². The highest BCUT2D eigenvalue weighted by Crippen LogP contribution is 2.17. The molecule has 0 unspecified atom stereocenters. The summed E-state index contributed by atoms with van der Waals surface area (Å²) >= 11 is 1.44. The van der Waals surface area contributed by atoms with Gasteiger partial charge < -0.3 is 10.1 Å². The van der Waals surface area contributed by atoms with Gasteiger partial charge in [-0.3, -0.25) is 4.79 Å². The predicted octanol–water partition coefficient (Wildman–Crippen LogP) is 3.39. The van der Waals surface area contributed by atoms with Crippen molar-refractivity contribution in [3.05, 3.63) is 41.2 Å². The van der Waals surface area contributed by atoms with Gasteiger partial charge in [0, 0.05) is 23.6 Å². The predicted molar refractivity (Wildman–Crippen MR) is 76.6 cm³/mol. The Bertz CT molecular complexity index is 586. The van der Waals surface area contributed by atoms with Crippen LogP contribution in [0.1, 0.15) is 17.7 Å². The van der Waals surface area contributed by atoms with Crippen molar-refractivity contribution in [2.75, 3.05) is 11.9 Å². The quantitative estimate of drug-likeness (QED) is 0.831. The molecule has 0 radical (unpaired) electrons. The van der Waals surface area contributed by atoms with Gasteiger partial charge in [0.05, 0.1) is 6.61 Å². The second-order valence-electron chi connectivity index (χ2n) is 4.23. The van der Waals surface area contributed by atoms with E-state index >= 15 is 0 Å². The number of amides is 1. The number of carbonyl (C=O) groups is 1. The average Bonchev–Trinajstić information content (AvgIpc) is 2.80. The number of hydrogen-bond acceptors (Lipinski definition) is 4. The average molecular weight is 294 g/mol. The van der Waals surface area contributed by atoms with Crippen LogP contribution in [0, 0.1) is 12.7 Å². The van der Waals surface area contributed by atoms with Crippen LogP contribution < -0.4 is 10.1 Å². The number of anilines is 1. The fourth-order valence-corrected chi connectivity index (χ4v) is 2.25. The van der Waals surface area contributed by atoms with Crippen LogP contribution in [0.5, 0.6) is 5.75 Å². The molecule has 0 aliphatic rings. The minimum atomic E-state index is -0.334. The number of ether oxygens (including phenoxy) is 1. The van der Waals surface area contributed by atoms with Gasteiger partial charge in [-0.2, -0.15) is 0 Å². The van der Waals surface area contributed by atoms with E-state index in [4.69, 9.17) is 4.74 Å². The minimum absolute atomic E-state index is 0.0952. The van der Waals surface area contributed by atoms with Gasteiger partial charge in [-0.1, -0.05) is 6.07 Å². The van der Waals surface area contributed by atoms with E-state index in [0.717, 1.165) is 4.88 Å². The molecule has 0 aliphatic carbocycles. The van der Waals surface area contributed by atoms with Crippen LogP contribution in [0.3, 0.4) is 0 Å². The van der Waals surface area contributed by atoms with Crippen molar-refractivity contribution in [2.24, 2.45) is 0 Å². The number of nitrogens with zero attached hydrogens (tertiary/aromatic N) is 1. The molecule has 1 heterocycles. The molecule has 0 fully saturated rings. The minimum Gasteiger partial charge on any atom is -0.493 e. The van der Waals surface area contributed by atoms with Crippen molar-refractivity contribution < 1.29 is 13.9 Å². The molecule has 0 aliphatic heterocycles. The normalized spacial score (nSPS) is 10.3. The summed E-state index contributed by atoms with van der Waals surface area (Å²) < 4.78 is 18.3. The fraction of sp³-hybridized carbons (Fsp3) is 0.286. The first-order valence-electron chi connectivity index (χ1n) is 6.24. The Morgan fingerprint density at radius 2 is 2.35 bits per heavy atom.